The molecule has 6 nitrogen and oxygen atoms in total. The molecule has 2 amide bonds. The Kier molecular flexibility index (Phi) is 6.78. The molecule has 7 heteroatoms. The minimum absolute atomic E-state index is 0.00260. The fourth-order valence-corrected chi connectivity index (χ4v) is 5.75. The summed E-state index contributed by atoms with van der Waals surface area (Å²) in [6.45, 7) is 0.593. The molecule has 1 unspecified atom stereocenters. The molecule has 3 aromatic carbocycles. The van der Waals surface area contributed by atoms with E-state index in [4.69, 9.17) is 4.74 Å². The number of nitrogens with one attached hydrogen (secondary N) is 1. The van der Waals surface area contributed by atoms with Crippen LogP contribution in [-0.2, 0) is 6.42 Å². The molecule has 3 aromatic rings. The van der Waals surface area contributed by atoms with E-state index in [1.165, 1.54) is 37.1 Å². The maximum absolute atomic E-state index is 13.8. The van der Waals surface area contributed by atoms with E-state index in [9.17, 15) is 14.0 Å². The lowest BCUT2D eigenvalue weighted by Gasteiger charge is -2.29. The zero-order valence-electron chi connectivity index (χ0n) is 21.1. The SMILES string of the molecule is C/N=C1\CCCC12CCN(C(=O)c1ccc(NC(=O)c3cccc(F)c3)c(OC)c1)c1ccccc1C2. The Bertz CT molecular complexity index is 1390. The van der Waals surface area contributed by atoms with Gasteiger partial charge in [0.1, 0.15) is 11.6 Å². The summed E-state index contributed by atoms with van der Waals surface area (Å²) >= 11 is 0. The molecule has 1 saturated carbocycles. The molecule has 1 spiro atoms. The van der Waals surface area contributed by atoms with Gasteiger partial charge in [-0.25, -0.2) is 4.39 Å². The van der Waals surface area contributed by atoms with Crippen molar-refractivity contribution in [2.24, 2.45) is 10.4 Å². The second-order valence-corrected chi connectivity index (χ2v) is 9.70. The van der Waals surface area contributed by atoms with E-state index in [1.54, 1.807) is 18.2 Å². The molecule has 0 radical (unpaired) electrons. The van der Waals surface area contributed by atoms with Crippen LogP contribution in [0, 0.1) is 11.2 Å². The Balaban J connectivity index is 1.43. The molecule has 0 bridgehead atoms. The molecule has 0 aromatic heterocycles. The van der Waals surface area contributed by atoms with E-state index in [1.807, 2.05) is 30.1 Å². The number of amides is 2. The third-order valence-corrected chi connectivity index (χ3v) is 7.60. The van der Waals surface area contributed by atoms with E-state index in [0.717, 1.165) is 43.4 Å². The van der Waals surface area contributed by atoms with Gasteiger partial charge in [0.05, 0.1) is 12.8 Å². The molecule has 1 N–H and O–H groups in total. The van der Waals surface area contributed by atoms with Crippen LogP contribution < -0.4 is 15.0 Å². The topological polar surface area (TPSA) is 71.0 Å². The van der Waals surface area contributed by atoms with Crippen molar-refractivity contribution in [3.63, 3.8) is 0 Å². The first-order valence-corrected chi connectivity index (χ1v) is 12.5. The number of methoxy groups -OCH3 is 1. The Morgan fingerprint density at radius 3 is 2.65 bits per heavy atom. The highest BCUT2D eigenvalue weighted by Gasteiger charge is 2.42. The maximum atomic E-state index is 13.8. The zero-order chi connectivity index (χ0) is 26.0. The molecule has 0 saturated heterocycles. The largest absolute Gasteiger partial charge is 0.495 e. The van der Waals surface area contributed by atoms with Gasteiger partial charge in [-0.05, 0) is 80.1 Å². The standard InChI is InChI=1S/C30H30FN3O3/c1-32-27-11-6-14-30(27)15-16-34(25-10-4-3-7-22(25)19-30)29(36)21-12-13-24(26(18-21)37-2)33-28(35)20-8-5-9-23(31)17-20/h3-5,7-10,12-13,17-18H,6,11,14-16,19H2,1-2H3,(H,33,35)/b32-27+. The summed E-state index contributed by atoms with van der Waals surface area (Å²) in [5.41, 5.74) is 4.40. The summed E-state index contributed by atoms with van der Waals surface area (Å²) in [5.74, 6) is -0.728. The van der Waals surface area contributed by atoms with Crippen LogP contribution in [0.3, 0.4) is 0 Å². The highest BCUT2D eigenvalue weighted by molar-refractivity contribution is 6.09. The normalized spacial score (nSPS) is 20.0. The van der Waals surface area contributed by atoms with Crippen molar-refractivity contribution in [1.29, 1.82) is 0 Å². The van der Waals surface area contributed by atoms with Crippen LogP contribution in [0.2, 0.25) is 0 Å². The second-order valence-electron chi connectivity index (χ2n) is 9.70. The Labute approximate surface area is 216 Å². The number of fused-ring (bicyclic) bond motifs is 1. The Hall–Kier alpha value is -4.00. The molecule has 1 atom stereocenters. The van der Waals surface area contributed by atoms with Crippen LogP contribution in [0.25, 0.3) is 0 Å². The number of carbonyl (C=O) groups excluding carboxylic acids is 2. The molecule has 5 rings (SSSR count). The fourth-order valence-electron chi connectivity index (χ4n) is 5.75. The summed E-state index contributed by atoms with van der Waals surface area (Å²) in [7, 11) is 3.36. The van der Waals surface area contributed by atoms with Gasteiger partial charge in [-0.1, -0.05) is 24.3 Å². The predicted molar refractivity (Wildman–Crippen MR) is 143 cm³/mol. The fraction of sp³-hybridized carbons (Fsp3) is 0.300. The number of hydrogen-bond acceptors (Lipinski definition) is 4. The maximum Gasteiger partial charge on any atom is 0.258 e. The van der Waals surface area contributed by atoms with Gasteiger partial charge in [-0.2, -0.15) is 0 Å². The van der Waals surface area contributed by atoms with Gasteiger partial charge in [-0.3, -0.25) is 14.6 Å². The molecule has 1 heterocycles. The third kappa shape index (κ3) is 4.73. The van der Waals surface area contributed by atoms with Crippen LogP contribution >= 0.6 is 0 Å². The number of benzene rings is 3. The van der Waals surface area contributed by atoms with Crippen molar-refractivity contribution >= 4 is 28.9 Å². The van der Waals surface area contributed by atoms with E-state index >= 15 is 0 Å². The van der Waals surface area contributed by atoms with E-state index in [0.29, 0.717) is 23.5 Å². The zero-order valence-corrected chi connectivity index (χ0v) is 21.1. The number of aliphatic imine (C=N–C) groups is 1. The number of hydrogen-bond donors (Lipinski definition) is 1. The van der Waals surface area contributed by atoms with Crippen LogP contribution in [0.4, 0.5) is 15.8 Å². The molecule has 190 valence electrons. The van der Waals surface area contributed by atoms with Crippen LogP contribution in [-0.4, -0.2) is 38.2 Å². The lowest BCUT2D eigenvalue weighted by atomic mass is 9.76. The number of rotatable bonds is 4. The van der Waals surface area contributed by atoms with Crippen molar-refractivity contribution in [2.75, 3.05) is 30.9 Å². The van der Waals surface area contributed by atoms with Crippen LogP contribution in [0.1, 0.15) is 52.0 Å². The number of para-hydroxylation sites is 1. The molecular formula is C30H30FN3O3. The summed E-state index contributed by atoms with van der Waals surface area (Å²) in [6, 6.07) is 18.5. The Morgan fingerprint density at radius 2 is 1.86 bits per heavy atom. The van der Waals surface area contributed by atoms with Gasteiger partial charge in [0.2, 0.25) is 0 Å². The number of carbonyl (C=O) groups is 2. The first-order chi connectivity index (χ1) is 17.9. The minimum Gasteiger partial charge on any atom is -0.495 e. The molecule has 1 fully saturated rings. The van der Waals surface area contributed by atoms with Gasteiger partial charge < -0.3 is 15.0 Å². The van der Waals surface area contributed by atoms with Gasteiger partial charge in [-0.15, -0.1) is 0 Å². The summed E-state index contributed by atoms with van der Waals surface area (Å²) in [4.78, 5) is 33.0. The first kappa shape index (κ1) is 24.7. The van der Waals surface area contributed by atoms with Crippen molar-refractivity contribution in [3.8, 4) is 5.75 Å². The lowest BCUT2D eigenvalue weighted by molar-refractivity contribution is 0.0984. The van der Waals surface area contributed by atoms with Crippen molar-refractivity contribution in [3.05, 3.63) is 89.2 Å². The quantitative estimate of drug-likeness (QED) is 0.484. The molecule has 1 aliphatic carbocycles. The average molecular weight is 500 g/mol. The predicted octanol–water partition coefficient (Wildman–Crippen LogP) is 5.92. The summed E-state index contributed by atoms with van der Waals surface area (Å²) in [6.07, 6.45) is 4.98. The third-order valence-electron chi connectivity index (χ3n) is 7.60. The second kappa shape index (κ2) is 10.2. The highest BCUT2D eigenvalue weighted by Crippen LogP contribution is 2.46. The van der Waals surface area contributed by atoms with E-state index in [2.05, 4.69) is 16.4 Å². The van der Waals surface area contributed by atoms with Gasteiger partial charge in [0.15, 0.2) is 0 Å². The van der Waals surface area contributed by atoms with E-state index in [-0.39, 0.29) is 16.9 Å². The minimum atomic E-state index is -0.491. The molecule has 2 aliphatic rings. The number of nitrogens with zero attached hydrogens (tertiary/aromatic N) is 2. The number of halogens is 1. The van der Waals surface area contributed by atoms with E-state index < -0.39 is 11.7 Å². The van der Waals surface area contributed by atoms with Crippen molar-refractivity contribution in [1.82, 2.24) is 0 Å². The highest BCUT2D eigenvalue weighted by atomic mass is 19.1. The van der Waals surface area contributed by atoms with Crippen LogP contribution in [0.5, 0.6) is 5.75 Å². The summed E-state index contributed by atoms with van der Waals surface area (Å²) < 4.78 is 19.1. The first-order valence-electron chi connectivity index (χ1n) is 12.5. The smallest absolute Gasteiger partial charge is 0.258 e. The Morgan fingerprint density at radius 1 is 1.03 bits per heavy atom. The summed E-state index contributed by atoms with van der Waals surface area (Å²) in [5, 5.41) is 2.75. The van der Waals surface area contributed by atoms with Crippen LogP contribution in [0.15, 0.2) is 71.7 Å². The number of anilines is 2. The lowest BCUT2D eigenvalue weighted by Crippen LogP contribution is -2.35. The molecule has 37 heavy (non-hydrogen) atoms. The molecular weight excluding hydrogens is 469 g/mol. The molecule has 1 aliphatic heterocycles. The van der Waals surface area contributed by atoms with Gasteiger partial charge in [0.25, 0.3) is 11.8 Å². The average Bonchev–Trinajstić information content (AvgIpc) is 3.23. The van der Waals surface area contributed by atoms with Crippen molar-refractivity contribution in [2.45, 2.75) is 32.1 Å². The van der Waals surface area contributed by atoms with Gasteiger partial charge in [0, 0.05) is 41.5 Å². The van der Waals surface area contributed by atoms with Gasteiger partial charge >= 0.3 is 0 Å². The number of ether oxygens (including phenoxy) is 1. The van der Waals surface area contributed by atoms with Crippen molar-refractivity contribution < 1.29 is 18.7 Å². The monoisotopic (exact) mass is 499 g/mol.